The average Bonchev–Trinajstić information content (AvgIpc) is 2.32. The third-order valence-corrected chi connectivity index (χ3v) is 3.67. The van der Waals surface area contributed by atoms with Crippen molar-refractivity contribution in [2.24, 2.45) is 0 Å². The molecule has 7 heteroatoms. The van der Waals surface area contributed by atoms with E-state index in [1.54, 1.807) is 0 Å². The maximum atomic E-state index is 11.4. The number of nitro groups is 1. The molecule has 0 amide bonds. The Morgan fingerprint density at radius 1 is 1.56 bits per heavy atom. The number of nitro benzene ring substituents is 1. The van der Waals surface area contributed by atoms with Crippen LogP contribution in [0.25, 0.3) is 0 Å². The van der Waals surface area contributed by atoms with Crippen molar-refractivity contribution in [2.75, 3.05) is 20.3 Å². The van der Waals surface area contributed by atoms with Crippen molar-refractivity contribution in [3.63, 3.8) is 0 Å². The van der Waals surface area contributed by atoms with Gasteiger partial charge in [0.25, 0.3) is 5.69 Å². The van der Waals surface area contributed by atoms with Crippen LogP contribution in [-0.2, 0) is 9.47 Å². The Hall–Kier alpha value is -1.60. The van der Waals surface area contributed by atoms with Gasteiger partial charge in [0.1, 0.15) is 0 Å². The largest absolute Gasteiger partial charge is 0.465 e. The summed E-state index contributed by atoms with van der Waals surface area (Å²) in [6.45, 7) is 1.15. The van der Waals surface area contributed by atoms with E-state index >= 15 is 0 Å². The van der Waals surface area contributed by atoms with Crippen molar-refractivity contribution in [1.82, 2.24) is 0 Å². The van der Waals surface area contributed by atoms with E-state index in [2.05, 4.69) is 4.74 Å². The molecule has 0 unspecified atom stereocenters. The van der Waals surface area contributed by atoms with Crippen molar-refractivity contribution in [2.45, 2.75) is 10.1 Å². The van der Waals surface area contributed by atoms with E-state index in [1.807, 2.05) is 0 Å². The van der Waals surface area contributed by atoms with E-state index < -0.39 is 10.9 Å². The second-order valence-corrected chi connectivity index (χ2v) is 5.05. The average molecular weight is 269 g/mol. The van der Waals surface area contributed by atoms with E-state index in [0.29, 0.717) is 23.7 Å². The zero-order valence-corrected chi connectivity index (χ0v) is 10.4. The third kappa shape index (κ3) is 2.62. The smallest absolute Gasteiger partial charge is 0.337 e. The summed E-state index contributed by atoms with van der Waals surface area (Å²) >= 11 is 1.35. The van der Waals surface area contributed by atoms with Gasteiger partial charge in [0.2, 0.25) is 0 Å². The zero-order chi connectivity index (χ0) is 13.1. The molecule has 2 rings (SSSR count). The summed E-state index contributed by atoms with van der Waals surface area (Å²) in [6, 6.07) is 4.21. The van der Waals surface area contributed by atoms with Crippen molar-refractivity contribution >= 4 is 23.4 Å². The Kier molecular flexibility index (Phi) is 3.83. The van der Waals surface area contributed by atoms with Gasteiger partial charge in [0, 0.05) is 6.07 Å². The van der Waals surface area contributed by atoms with Crippen molar-refractivity contribution in [1.29, 1.82) is 0 Å². The molecular formula is C11H11NO5S. The molecular weight excluding hydrogens is 258 g/mol. The van der Waals surface area contributed by atoms with Crippen LogP contribution in [0, 0.1) is 10.1 Å². The number of methoxy groups -OCH3 is 1. The predicted molar refractivity (Wildman–Crippen MR) is 64.9 cm³/mol. The predicted octanol–water partition coefficient (Wildman–Crippen LogP) is 1.87. The Morgan fingerprint density at radius 2 is 2.28 bits per heavy atom. The highest BCUT2D eigenvalue weighted by molar-refractivity contribution is 8.00. The highest BCUT2D eigenvalue weighted by Crippen LogP contribution is 2.35. The van der Waals surface area contributed by atoms with Crippen LogP contribution in [0.5, 0.6) is 0 Å². The van der Waals surface area contributed by atoms with E-state index in [4.69, 9.17) is 4.74 Å². The molecule has 0 atom stereocenters. The first-order valence-corrected chi connectivity index (χ1v) is 6.11. The molecule has 0 spiro atoms. The van der Waals surface area contributed by atoms with Crippen LogP contribution in [0.3, 0.4) is 0 Å². The fraction of sp³-hybridized carbons (Fsp3) is 0.364. The molecule has 1 fully saturated rings. The highest BCUT2D eigenvalue weighted by atomic mass is 32.2. The molecule has 0 bridgehead atoms. The lowest BCUT2D eigenvalue weighted by Gasteiger charge is -2.25. The molecule has 18 heavy (non-hydrogen) atoms. The molecule has 0 N–H and O–H groups in total. The number of thioether (sulfide) groups is 1. The topological polar surface area (TPSA) is 78.7 Å². The van der Waals surface area contributed by atoms with Gasteiger partial charge in [0.05, 0.1) is 41.0 Å². The lowest BCUT2D eigenvalue weighted by Crippen LogP contribution is -2.30. The molecule has 1 aliphatic heterocycles. The second kappa shape index (κ2) is 5.36. The minimum absolute atomic E-state index is 0.000414. The van der Waals surface area contributed by atoms with Crippen molar-refractivity contribution in [3.05, 3.63) is 33.9 Å². The summed E-state index contributed by atoms with van der Waals surface area (Å²) in [7, 11) is 1.27. The number of rotatable bonds is 4. The molecule has 1 aromatic carbocycles. The van der Waals surface area contributed by atoms with Crippen LogP contribution in [0.15, 0.2) is 23.1 Å². The monoisotopic (exact) mass is 269 g/mol. The van der Waals surface area contributed by atoms with Crippen LogP contribution in [-0.4, -0.2) is 36.5 Å². The number of hydrogen-bond acceptors (Lipinski definition) is 6. The number of carbonyl (C=O) groups excluding carboxylic acids is 1. The van der Waals surface area contributed by atoms with Gasteiger partial charge in [-0.1, -0.05) is 0 Å². The summed E-state index contributed by atoms with van der Waals surface area (Å²) in [5.74, 6) is -0.503. The molecule has 1 heterocycles. The van der Waals surface area contributed by atoms with E-state index in [-0.39, 0.29) is 10.9 Å². The lowest BCUT2D eigenvalue weighted by atomic mass is 10.2. The van der Waals surface area contributed by atoms with Gasteiger partial charge in [-0.05, 0) is 12.1 Å². The first-order chi connectivity index (χ1) is 8.61. The standard InChI is InChI=1S/C11H11NO5S/c1-16-11(13)7-2-3-9(12(14)15)10(4-7)18-8-5-17-6-8/h2-4,8H,5-6H2,1H3. The van der Waals surface area contributed by atoms with Crippen LogP contribution in [0.1, 0.15) is 10.4 Å². The maximum absolute atomic E-state index is 11.4. The summed E-state index contributed by atoms with van der Waals surface area (Å²) in [5, 5.41) is 11.1. The SMILES string of the molecule is COC(=O)c1ccc([N+](=O)[O-])c(SC2COC2)c1. The van der Waals surface area contributed by atoms with E-state index in [0.717, 1.165) is 0 Å². The van der Waals surface area contributed by atoms with Gasteiger partial charge in [0.15, 0.2) is 0 Å². The minimum Gasteiger partial charge on any atom is -0.465 e. The van der Waals surface area contributed by atoms with Gasteiger partial charge in [-0.3, -0.25) is 10.1 Å². The highest BCUT2D eigenvalue weighted by Gasteiger charge is 2.25. The van der Waals surface area contributed by atoms with Gasteiger partial charge < -0.3 is 9.47 Å². The van der Waals surface area contributed by atoms with Crippen molar-refractivity contribution < 1.29 is 19.2 Å². The minimum atomic E-state index is -0.503. The van der Waals surface area contributed by atoms with Crippen LogP contribution in [0.2, 0.25) is 0 Å². The Balaban J connectivity index is 2.30. The number of carbonyl (C=O) groups is 1. The molecule has 0 aliphatic carbocycles. The Labute approximate surface area is 107 Å². The zero-order valence-electron chi connectivity index (χ0n) is 9.62. The Bertz CT molecular complexity index is 486. The van der Waals surface area contributed by atoms with E-state index in [1.165, 1.54) is 37.1 Å². The normalized spacial score (nSPS) is 14.9. The van der Waals surface area contributed by atoms with Crippen LogP contribution < -0.4 is 0 Å². The van der Waals surface area contributed by atoms with Gasteiger partial charge in [-0.2, -0.15) is 0 Å². The molecule has 1 saturated heterocycles. The van der Waals surface area contributed by atoms with Crippen LogP contribution in [0.4, 0.5) is 5.69 Å². The number of nitrogens with zero attached hydrogens (tertiary/aromatic N) is 1. The maximum Gasteiger partial charge on any atom is 0.337 e. The molecule has 1 aromatic rings. The molecule has 0 aromatic heterocycles. The summed E-state index contributed by atoms with van der Waals surface area (Å²) in [6.07, 6.45) is 0. The van der Waals surface area contributed by atoms with Gasteiger partial charge >= 0.3 is 5.97 Å². The summed E-state index contributed by atoms with van der Waals surface area (Å²) < 4.78 is 9.62. The van der Waals surface area contributed by atoms with Gasteiger partial charge in [-0.15, -0.1) is 11.8 Å². The molecule has 0 radical (unpaired) electrons. The summed E-state index contributed by atoms with van der Waals surface area (Å²) in [4.78, 5) is 22.3. The molecule has 0 saturated carbocycles. The number of esters is 1. The van der Waals surface area contributed by atoms with Gasteiger partial charge in [-0.25, -0.2) is 4.79 Å². The molecule has 1 aliphatic rings. The molecule has 96 valence electrons. The lowest BCUT2D eigenvalue weighted by molar-refractivity contribution is -0.387. The summed E-state index contributed by atoms with van der Waals surface area (Å²) in [5.41, 5.74) is 0.311. The van der Waals surface area contributed by atoms with E-state index in [9.17, 15) is 14.9 Å². The first-order valence-electron chi connectivity index (χ1n) is 5.23. The first kappa shape index (κ1) is 12.8. The van der Waals surface area contributed by atoms with Crippen LogP contribution >= 0.6 is 11.8 Å². The molecule has 6 nitrogen and oxygen atoms in total. The third-order valence-electron chi connectivity index (χ3n) is 2.48. The fourth-order valence-corrected chi connectivity index (χ4v) is 2.61. The fourth-order valence-electron chi connectivity index (χ4n) is 1.47. The Morgan fingerprint density at radius 3 is 2.78 bits per heavy atom. The quantitative estimate of drug-likeness (QED) is 0.471. The number of hydrogen-bond donors (Lipinski definition) is 0. The number of ether oxygens (including phenoxy) is 2. The second-order valence-electron chi connectivity index (χ2n) is 3.71. The number of benzene rings is 1. The van der Waals surface area contributed by atoms with Crippen molar-refractivity contribution in [3.8, 4) is 0 Å².